The van der Waals surface area contributed by atoms with Gasteiger partial charge in [0.1, 0.15) is 11.6 Å². The van der Waals surface area contributed by atoms with Crippen molar-refractivity contribution in [3.8, 4) is 0 Å². The van der Waals surface area contributed by atoms with Gasteiger partial charge in [-0.3, -0.25) is 4.79 Å². The van der Waals surface area contributed by atoms with Crippen molar-refractivity contribution in [3.05, 3.63) is 68.9 Å². The molecule has 0 unspecified atom stereocenters. The van der Waals surface area contributed by atoms with Gasteiger partial charge in [-0.05, 0) is 39.2 Å². The van der Waals surface area contributed by atoms with Crippen molar-refractivity contribution in [3.63, 3.8) is 0 Å². The highest BCUT2D eigenvalue weighted by molar-refractivity contribution is 9.10. The van der Waals surface area contributed by atoms with Gasteiger partial charge in [0.25, 0.3) is 0 Å². The molecule has 0 aliphatic rings. The van der Waals surface area contributed by atoms with Crippen LogP contribution in [-0.4, -0.2) is 5.78 Å². The molecule has 0 N–H and O–H groups in total. The van der Waals surface area contributed by atoms with E-state index >= 15 is 0 Å². The van der Waals surface area contributed by atoms with E-state index < -0.39 is 0 Å². The lowest BCUT2D eigenvalue weighted by Gasteiger charge is -2.06. The summed E-state index contributed by atoms with van der Waals surface area (Å²) in [4.78, 5) is 12.0. The predicted molar refractivity (Wildman–Crippen MR) is 78.0 cm³/mol. The lowest BCUT2D eigenvalue weighted by atomic mass is 10.0. The van der Waals surface area contributed by atoms with Crippen LogP contribution >= 0.6 is 27.5 Å². The number of benzene rings is 2. The molecule has 0 saturated heterocycles. The molecular weight excluding hydrogens is 331 g/mol. The Kier molecular flexibility index (Phi) is 4.72. The van der Waals surface area contributed by atoms with Crippen LogP contribution < -0.4 is 0 Å². The molecule has 2 aromatic carbocycles. The molecule has 0 aliphatic carbocycles. The first-order valence-corrected chi connectivity index (χ1v) is 6.93. The zero-order valence-electron chi connectivity index (χ0n) is 10.00. The van der Waals surface area contributed by atoms with E-state index in [-0.39, 0.29) is 24.4 Å². The van der Waals surface area contributed by atoms with Gasteiger partial charge in [-0.1, -0.05) is 41.9 Å². The molecule has 2 aromatic rings. The summed E-state index contributed by atoms with van der Waals surface area (Å²) in [6, 6.07) is 11.9. The third-order valence-corrected chi connectivity index (χ3v) is 4.02. The average Bonchev–Trinajstić information content (AvgIpc) is 2.38. The Morgan fingerprint density at radius 2 is 1.68 bits per heavy atom. The second kappa shape index (κ2) is 6.31. The summed E-state index contributed by atoms with van der Waals surface area (Å²) in [5, 5.41) is 0.578. The van der Waals surface area contributed by atoms with Crippen LogP contribution in [0.2, 0.25) is 5.02 Å². The Bertz CT molecular complexity index is 613. The minimum atomic E-state index is -0.358. The maximum Gasteiger partial charge on any atom is 0.141 e. The average molecular weight is 342 g/mol. The number of ketones is 1. The third-order valence-electron chi connectivity index (χ3n) is 2.76. The Morgan fingerprint density at radius 3 is 2.42 bits per heavy atom. The van der Waals surface area contributed by atoms with Crippen LogP contribution in [0.15, 0.2) is 46.9 Å². The Labute approximate surface area is 124 Å². The lowest BCUT2D eigenvalue weighted by Crippen LogP contribution is -2.07. The number of Topliss-reactive ketones (excluding diaryl/α,β-unsaturated/α-hetero) is 1. The first kappa shape index (κ1) is 14.2. The summed E-state index contributed by atoms with van der Waals surface area (Å²) < 4.78 is 13.7. The van der Waals surface area contributed by atoms with E-state index in [1.54, 1.807) is 18.2 Å². The van der Waals surface area contributed by atoms with Gasteiger partial charge in [0, 0.05) is 17.9 Å². The van der Waals surface area contributed by atoms with E-state index in [4.69, 9.17) is 11.6 Å². The fraction of sp³-hybridized carbons (Fsp3) is 0.133. The van der Waals surface area contributed by atoms with Gasteiger partial charge in [0.2, 0.25) is 0 Å². The number of carbonyl (C=O) groups is 1. The molecule has 19 heavy (non-hydrogen) atoms. The molecule has 1 nitrogen and oxygen atoms in total. The van der Waals surface area contributed by atoms with Crippen LogP contribution in [0.1, 0.15) is 11.1 Å². The van der Waals surface area contributed by atoms with E-state index in [2.05, 4.69) is 15.9 Å². The van der Waals surface area contributed by atoms with Gasteiger partial charge in [-0.15, -0.1) is 0 Å². The normalized spacial score (nSPS) is 10.5. The molecule has 0 radical (unpaired) electrons. The van der Waals surface area contributed by atoms with Gasteiger partial charge in [0.05, 0.1) is 4.47 Å². The minimum Gasteiger partial charge on any atom is -0.299 e. The van der Waals surface area contributed by atoms with Crippen molar-refractivity contribution >= 4 is 33.3 Å². The van der Waals surface area contributed by atoms with Gasteiger partial charge in [-0.2, -0.15) is 0 Å². The standard InChI is InChI=1S/C15H11BrClFO/c16-15-11(5-3-7-14(15)18)9-12(19)8-10-4-1-2-6-13(10)17/h1-7H,8-9H2. The molecule has 0 heterocycles. The molecule has 4 heteroatoms. The maximum absolute atomic E-state index is 13.3. The maximum atomic E-state index is 13.3. The number of rotatable bonds is 4. The highest BCUT2D eigenvalue weighted by Crippen LogP contribution is 2.22. The van der Waals surface area contributed by atoms with Crippen LogP contribution in [0, 0.1) is 5.82 Å². The van der Waals surface area contributed by atoms with Crippen molar-refractivity contribution in [2.45, 2.75) is 12.8 Å². The highest BCUT2D eigenvalue weighted by Gasteiger charge is 2.11. The topological polar surface area (TPSA) is 17.1 Å². The summed E-state index contributed by atoms with van der Waals surface area (Å²) in [6.45, 7) is 0. The van der Waals surface area contributed by atoms with Gasteiger partial charge < -0.3 is 0 Å². The lowest BCUT2D eigenvalue weighted by molar-refractivity contribution is -0.117. The second-order valence-electron chi connectivity index (χ2n) is 4.20. The fourth-order valence-corrected chi connectivity index (χ4v) is 2.42. The van der Waals surface area contributed by atoms with Crippen LogP contribution in [0.25, 0.3) is 0 Å². The Hall–Kier alpha value is -1.19. The van der Waals surface area contributed by atoms with E-state index in [1.807, 2.05) is 18.2 Å². The third kappa shape index (κ3) is 3.64. The number of hydrogen-bond donors (Lipinski definition) is 0. The summed E-state index contributed by atoms with van der Waals surface area (Å²) in [5.74, 6) is -0.359. The molecule has 0 bridgehead atoms. The van der Waals surface area contributed by atoms with Crippen LogP contribution in [-0.2, 0) is 17.6 Å². The van der Waals surface area contributed by atoms with Crippen molar-refractivity contribution in [2.75, 3.05) is 0 Å². The highest BCUT2D eigenvalue weighted by atomic mass is 79.9. The number of carbonyl (C=O) groups excluding carboxylic acids is 1. The molecule has 0 fully saturated rings. The van der Waals surface area contributed by atoms with Gasteiger partial charge >= 0.3 is 0 Å². The minimum absolute atomic E-state index is 0.000556. The van der Waals surface area contributed by atoms with E-state index in [0.29, 0.717) is 15.1 Å². The molecule has 0 saturated carbocycles. The molecule has 2 rings (SSSR count). The van der Waals surface area contributed by atoms with E-state index in [1.165, 1.54) is 6.07 Å². The predicted octanol–water partition coefficient (Wildman–Crippen LogP) is 4.60. The summed E-state index contributed by atoms with van der Waals surface area (Å²) in [6.07, 6.45) is 0.437. The summed E-state index contributed by atoms with van der Waals surface area (Å²) in [5.41, 5.74) is 1.44. The van der Waals surface area contributed by atoms with E-state index in [9.17, 15) is 9.18 Å². The molecule has 98 valence electrons. The van der Waals surface area contributed by atoms with Crippen LogP contribution in [0.3, 0.4) is 0 Å². The Balaban J connectivity index is 2.10. The van der Waals surface area contributed by atoms with Crippen molar-refractivity contribution in [1.82, 2.24) is 0 Å². The van der Waals surface area contributed by atoms with Crippen molar-refractivity contribution in [2.24, 2.45) is 0 Å². The van der Waals surface area contributed by atoms with Crippen LogP contribution in [0.5, 0.6) is 0 Å². The van der Waals surface area contributed by atoms with Gasteiger partial charge in [-0.25, -0.2) is 4.39 Å². The van der Waals surface area contributed by atoms with Crippen molar-refractivity contribution < 1.29 is 9.18 Å². The Morgan fingerprint density at radius 1 is 1.05 bits per heavy atom. The van der Waals surface area contributed by atoms with Gasteiger partial charge in [0.15, 0.2) is 0 Å². The number of halogens is 3. The molecule has 0 spiro atoms. The molecule has 0 atom stereocenters. The smallest absolute Gasteiger partial charge is 0.141 e. The SMILES string of the molecule is O=C(Cc1ccccc1Cl)Cc1cccc(F)c1Br. The fourth-order valence-electron chi connectivity index (χ4n) is 1.81. The molecule has 0 amide bonds. The second-order valence-corrected chi connectivity index (χ2v) is 5.40. The quantitative estimate of drug-likeness (QED) is 0.794. The van der Waals surface area contributed by atoms with E-state index in [0.717, 1.165) is 5.56 Å². The zero-order valence-corrected chi connectivity index (χ0v) is 12.3. The summed E-state index contributed by atoms with van der Waals surface area (Å²) in [7, 11) is 0. The number of hydrogen-bond acceptors (Lipinski definition) is 1. The zero-order chi connectivity index (χ0) is 13.8. The van der Waals surface area contributed by atoms with Crippen LogP contribution in [0.4, 0.5) is 4.39 Å². The molecule has 0 aromatic heterocycles. The molecule has 0 aliphatic heterocycles. The monoisotopic (exact) mass is 340 g/mol. The first-order chi connectivity index (χ1) is 9.08. The first-order valence-electron chi connectivity index (χ1n) is 5.76. The van der Waals surface area contributed by atoms with Crippen molar-refractivity contribution in [1.29, 1.82) is 0 Å². The molecular formula is C15H11BrClFO. The summed E-state index contributed by atoms with van der Waals surface area (Å²) >= 11 is 9.16. The largest absolute Gasteiger partial charge is 0.299 e.